The summed E-state index contributed by atoms with van der Waals surface area (Å²) in [6.07, 6.45) is 6.83. The normalized spacial score (nSPS) is 16.9. The van der Waals surface area contributed by atoms with Crippen LogP contribution < -0.4 is 5.32 Å². The molecule has 2 aromatic heterocycles. The molecule has 0 saturated heterocycles. The monoisotopic (exact) mass is 487 g/mol. The average molecular weight is 488 g/mol. The lowest BCUT2D eigenvalue weighted by atomic mass is 9.95. The molecular formula is C28H26ClN3OS. The number of rotatable bonds is 2. The number of aromatic nitrogens is 1. The molecule has 0 saturated carbocycles. The molecule has 6 rings (SSSR count). The zero-order valence-electron chi connectivity index (χ0n) is 19.1. The van der Waals surface area contributed by atoms with E-state index in [1.807, 2.05) is 71.7 Å². The average Bonchev–Trinajstić information content (AvgIpc) is 3.43. The predicted octanol–water partition coefficient (Wildman–Crippen LogP) is 7.52. The van der Waals surface area contributed by atoms with E-state index in [-0.39, 0.29) is 12.1 Å². The van der Waals surface area contributed by atoms with Crippen molar-refractivity contribution in [2.75, 3.05) is 5.32 Å². The Balaban J connectivity index is 1.49. The van der Waals surface area contributed by atoms with Gasteiger partial charge >= 0.3 is 6.03 Å². The van der Waals surface area contributed by atoms with E-state index in [1.165, 1.54) is 39.4 Å². The van der Waals surface area contributed by atoms with Crippen molar-refractivity contribution in [3.8, 4) is 5.00 Å². The van der Waals surface area contributed by atoms with Gasteiger partial charge in [-0.15, -0.1) is 11.3 Å². The fraction of sp³-hybridized carbons (Fsp3) is 0.250. The van der Waals surface area contributed by atoms with E-state index in [1.54, 1.807) is 0 Å². The van der Waals surface area contributed by atoms with Crippen molar-refractivity contribution in [3.05, 3.63) is 105 Å². The SMILES string of the molecule is Cc1ccc(NC(=O)N2Cc3c(sc4c3CCCC4)-n3cccc3[C@@H]2c2ccc(Cl)cc2)cc1. The van der Waals surface area contributed by atoms with E-state index in [0.29, 0.717) is 11.6 Å². The highest BCUT2D eigenvalue weighted by molar-refractivity contribution is 7.15. The lowest BCUT2D eigenvalue weighted by Gasteiger charge is -2.31. The second-order valence-corrected chi connectivity index (χ2v) is 10.7. The number of carbonyl (C=O) groups is 1. The third kappa shape index (κ3) is 3.73. The van der Waals surface area contributed by atoms with Gasteiger partial charge in [0.1, 0.15) is 5.00 Å². The van der Waals surface area contributed by atoms with Gasteiger partial charge in [0.15, 0.2) is 0 Å². The van der Waals surface area contributed by atoms with Crippen molar-refractivity contribution in [2.24, 2.45) is 0 Å². The molecule has 0 unspecified atom stereocenters. The maximum Gasteiger partial charge on any atom is 0.322 e. The van der Waals surface area contributed by atoms with Crippen LogP contribution in [0.4, 0.5) is 10.5 Å². The summed E-state index contributed by atoms with van der Waals surface area (Å²) in [5.41, 5.74) is 6.87. The van der Waals surface area contributed by atoms with E-state index in [4.69, 9.17) is 11.6 Å². The van der Waals surface area contributed by atoms with Gasteiger partial charge in [-0.3, -0.25) is 0 Å². The molecule has 3 heterocycles. The standard InChI is InChI=1S/C28H26ClN3OS/c1-18-8-14-21(15-9-18)30-28(33)32-17-23-22-5-2-3-7-25(22)34-27(23)31-16-4-6-24(31)26(32)19-10-12-20(29)13-11-19/h4,6,8-16,26H,2-3,5,7,17H2,1H3,(H,30,33)/t26-/m0/s1. The Morgan fingerprint density at radius 2 is 1.76 bits per heavy atom. The number of hydrogen-bond donors (Lipinski definition) is 1. The van der Waals surface area contributed by atoms with Crippen LogP contribution in [0, 0.1) is 6.92 Å². The summed E-state index contributed by atoms with van der Waals surface area (Å²) in [4.78, 5) is 17.3. The summed E-state index contributed by atoms with van der Waals surface area (Å²) in [6, 6.07) is 19.7. The van der Waals surface area contributed by atoms with Crippen LogP contribution in [-0.2, 0) is 19.4 Å². The number of fused-ring (bicyclic) bond motifs is 5. The van der Waals surface area contributed by atoms with Crippen molar-refractivity contribution in [3.63, 3.8) is 0 Å². The van der Waals surface area contributed by atoms with Crippen LogP contribution in [-0.4, -0.2) is 15.5 Å². The summed E-state index contributed by atoms with van der Waals surface area (Å²) in [5, 5.41) is 5.11. The van der Waals surface area contributed by atoms with Gasteiger partial charge in [-0.1, -0.05) is 41.4 Å². The first kappa shape index (κ1) is 21.5. The van der Waals surface area contributed by atoms with E-state index in [2.05, 4.69) is 28.2 Å². The van der Waals surface area contributed by atoms with E-state index in [9.17, 15) is 4.79 Å². The maximum absolute atomic E-state index is 13.9. The van der Waals surface area contributed by atoms with Gasteiger partial charge in [0.05, 0.1) is 18.3 Å². The lowest BCUT2D eigenvalue weighted by molar-refractivity contribution is 0.194. The molecule has 34 heavy (non-hydrogen) atoms. The molecule has 2 amide bonds. The number of carbonyl (C=O) groups excluding carboxylic acids is 1. The summed E-state index contributed by atoms with van der Waals surface area (Å²) >= 11 is 8.12. The number of hydrogen-bond acceptors (Lipinski definition) is 2. The Labute approximate surface area is 208 Å². The number of halogens is 1. The highest BCUT2D eigenvalue weighted by Crippen LogP contribution is 2.44. The number of amides is 2. The van der Waals surface area contributed by atoms with Crippen molar-refractivity contribution in [1.29, 1.82) is 0 Å². The maximum atomic E-state index is 13.9. The molecule has 4 nitrogen and oxygen atoms in total. The Morgan fingerprint density at radius 1 is 1.00 bits per heavy atom. The first-order valence-corrected chi connectivity index (χ1v) is 13.0. The molecular weight excluding hydrogens is 462 g/mol. The van der Waals surface area contributed by atoms with Gasteiger partial charge in [0, 0.05) is 27.3 Å². The van der Waals surface area contributed by atoms with Crippen LogP contribution in [0.25, 0.3) is 5.00 Å². The second-order valence-electron chi connectivity index (χ2n) is 9.18. The molecule has 6 heteroatoms. The number of nitrogens with zero attached hydrogens (tertiary/aromatic N) is 2. The first-order chi connectivity index (χ1) is 16.6. The van der Waals surface area contributed by atoms with Crippen LogP contribution in [0.15, 0.2) is 66.9 Å². The van der Waals surface area contributed by atoms with Crippen molar-refractivity contribution >= 4 is 34.7 Å². The minimum absolute atomic E-state index is 0.0971. The van der Waals surface area contributed by atoms with Crippen molar-refractivity contribution in [1.82, 2.24) is 9.47 Å². The van der Waals surface area contributed by atoms with E-state index < -0.39 is 0 Å². The minimum atomic E-state index is -0.225. The first-order valence-electron chi connectivity index (χ1n) is 11.8. The second kappa shape index (κ2) is 8.64. The summed E-state index contributed by atoms with van der Waals surface area (Å²) in [5.74, 6) is 0. The molecule has 0 spiro atoms. The number of aryl methyl sites for hydroxylation is 2. The van der Waals surface area contributed by atoms with Gasteiger partial charge in [0.25, 0.3) is 0 Å². The van der Waals surface area contributed by atoms with Crippen LogP contribution in [0.5, 0.6) is 0 Å². The number of urea groups is 1. The highest BCUT2D eigenvalue weighted by atomic mass is 35.5. The molecule has 0 radical (unpaired) electrons. The highest BCUT2D eigenvalue weighted by Gasteiger charge is 2.36. The topological polar surface area (TPSA) is 37.3 Å². The number of benzene rings is 2. The lowest BCUT2D eigenvalue weighted by Crippen LogP contribution is -2.38. The van der Waals surface area contributed by atoms with Crippen LogP contribution in [0.1, 0.15) is 51.7 Å². The predicted molar refractivity (Wildman–Crippen MR) is 139 cm³/mol. The van der Waals surface area contributed by atoms with Gasteiger partial charge in [-0.2, -0.15) is 0 Å². The van der Waals surface area contributed by atoms with E-state index >= 15 is 0 Å². The zero-order valence-corrected chi connectivity index (χ0v) is 20.6. The molecule has 1 aliphatic carbocycles. The summed E-state index contributed by atoms with van der Waals surface area (Å²) in [6.45, 7) is 2.63. The number of anilines is 1. The van der Waals surface area contributed by atoms with Crippen molar-refractivity contribution in [2.45, 2.75) is 45.2 Å². The molecule has 0 bridgehead atoms. The molecule has 172 valence electrons. The van der Waals surface area contributed by atoms with Gasteiger partial charge in [-0.25, -0.2) is 4.79 Å². The van der Waals surface area contributed by atoms with Gasteiger partial charge in [0.2, 0.25) is 0 Å². The third-order valence-electron chi connectivity index (χ3n) is 6.93. The van der Waals surface area contributed by atoms with Crippen LogP contribution in [0.3, 0.4) is 0 Å². The number of thiophene rings is 1. The number of nitrogens with one attached hydrogen (secondary N) is 1. The third-order valence-corrected chi connectivity index (χ3v) is 8.51. The van der Waals surface area contributed by atoms with Crippen molar-refractivity contribution < 1.29 is 4.79 Å². The molecule has 1 aliphatic heterocycles. The molecule has 0 fully saturated rings. The molecule has 1 atom stereocenters. The Bertz CT molecular complexity index is 1350. The van der Waals surface area contributed by atoms with Crippen LogP contribution in [0.2, 0.25) is 5.02 Å². The Morgan fingerprint density at radius 3 is 2.56 bits per heavy atom. The van der Waals surface area contributed by atoms with Gasteiger partial charge < -0.3 is 14.8 Å². The molecule has 4 aromatic rings. The molecule has 2 aliphatic rings. The quantitative estimate of drug-likeness (QED) is 0.312. The fourth-order valence-electron chi connectivity index (χ4n) is 5.21. The Hall–Kier alpha value is -3.02. The van der Waals surface area contributed by atoms with Crippen LogP contribution >= 0.6 is 22.9 Å². The Kier molecular flexibility index (Phi) is 5.47. The zero-order chi connectivity index (χ0) is 23.2. The van der Waals surface area contributed by atoms with E-state index in [0.717, 1.165) is 29.8 Å². The largest absolute Gasteiger partial charge is 0.322 e. The molecule has 2 aromatic carbocycles. The summed E-state index contributed by atoms with van der Waals surface area (Å²) in [7, 11) is 0. The molecule has 1 N–H and O–H groups in total. The summed E-state index contributed by atoms with van der Waals surface area (Å²) < 4.78 is 2.30. The minimum Gasteiger partial charge on any atom is -0.310 e. The smallest absolute Gasteiger partial charge is 0.310 e. The van der Waals surface area contributed by atoms with Gasteiger partial charge in [-0.05, 0) is 80.1 Å². The fourth-order valence-corrected chi connectivity index (χ4v) is 6.74.